The van der Waals surface area contributed by atoms with Crippen molar-refractivity contribution < 1.29 is 18.5 Å². The summed E-state index contributed by atoms with van der Waals surface area (Å²) >= 11 is 0. The highest BCUT2D eigenvalue weighted by atomic mass is 16.5. The molecule has 3 heterocycles. The zero-order valence-electron chi connectivity index (χ0n) is 10.9. The number of primary amides is 1. The molecule has 3 aliphatic heterocycles. The van der Waals surface area contributed by atoms with Crippen molar-refractivity contribution in [2.24, 2.45) is 5.73 Å². The lowest BCUT2D eigenvalue weighted by Crippen LogP contribution is -2.75. The van der Waals surface area contributed by atoms with E-state index >= 15 is 0 Å². The topological polar surface area (TPSA) is 52.3 Å². The summed E-state index contributed by atoms with van der Waals surface area (Å²) in [7, 11) is 0. The summed E-state index contributed by atoms with van der Waals surface area (Å²) in [4.78, 5) is 10.5. The molecule has 0 saturated carbocycles. The van der Waals surface area contributed by atoms with Crippen molar-refractivity contribution in [2.45, 2.75) is 13.3 Å². The number of likely N-dealkylation sites (N-methyl/N-ethyl adjacent to an activating group) is 1. The van der Waals surface area contributed by atoms with Crippen molar-refractivity contribution in [3.8, 4) is 0 Å². The molecule has 2 bridgehead atoms. The molecule has 3 fully saturated rings. The van der Waals surface area contributed by atoms with E-state index in [1.807, 2.05) is 0 Å². The van der Waals surface area contributed by atoms with Crippen LogP contribution in [0.3, 0.4) is 0 Å². The zero-order valence-corrected chi connectivity index (χ0v) is 10.9. The number of amides is 1. The van der Waals surface area contributed by atoms with E-state index in [-0.39, 0.29) is 0 Å². The lowest BCUT2D eigenvalue weighted by molar-refractivity contribution is -1.08. The van der Waals surface area contributed by atoms with Crippen molar-refractivity contribution >= 4 is 6.09 Å². The predicted molar refractivity (Wildman–Crippen MR) is 65.3 cm³/mol. The van der Waals surface area contributed by atoms with E-state index in [9.17, 15) is 4.79 Å². The summed E-state index contributed by atoms with van der Waals surface area (Å²) in [5, 5.41) is 0. The summed E-state index contributed by atoms with van der Waals surface area (Å²) in [5.41, 5.74) is 4.95. The maximum atomic E-state index is 10.5. The van der Waals surface area contributed by atoms with Crippen LogP contribution in [0.4, 0.5) is 4.79 Å². The van der Waals surface area contributed by atoms with Crippen LogP contribution in [0, 0.1) is 0 Å². The molecule has 0 spiro atoms. The number of hydrogen-bond donors (Lipinski definition) is 1. The van der Waals surface area contributed by atoms with E-state index < -0.39 is 6.09 Å². The Morgan fingerprint density at radius 2 is 1.65 bits per heavy atom. The van der Waals surface area contributed by atoms with Gasteiger partial charge in [0.05, 0.1) is 19.7 Å². The van der Waals surface area contributed by atoms with Crippen molar-refractivity contribution in [1.29, 1.82) is 0 Å². The number of carbonyl (C=O) groups excluding carboxylic acids is 1. The van der Waals surface area contributed by atoms with Crippen LogP contribution < -0.4 is 5.73 Å². The van der Waals surface area contributed by atoms with Crippen LogP contribution in [-0.2, 0) is 4.74 Å². The number of carbonyl (C=O) groups is 1. The van der Waals surface area contributed by atoms with Crippen LogP contribution in [0.25, 0.3) is 0 Å². The van der Waals surface area contributed by atoms with Gasteiger partial charge < -0.3 is 19.4 Å². The Labute approximate surface area is 103 Å². The minimum absolute atomic E-state index is 0.475. The average Bonchev–Trinajstić information content (AvgIpc) is 2.37. The largest absolute Gasteiger partial charge is 0.449 e. The lowest BCUT2D eigenvalue weighted by atomic mass is 10.1. The highest BCUT2D eigenvalue weighted by molar-refractivity contribution is 5.64. The summed E-state index contributed by atoms with van der Waals surface area (Å²) in [6.07, 6.45) is 0.290. The van der Waals surface area contributed by atoms with Gasteiger partial charge in [0, 0.05) is 6.42 Å². The number of nitrogens with two attached hydrogens (primary N) is 1. The Morgan fingerprint density at radius 3 is 2.12 bits per heavy atom. The van der Waals surface area contributed by atoms with Gasteiger partial charge in [0.15, 0.2) is 0 Å². The van der Waals surface area contributed by atoms with Gasteiger partial charge in [0.2, 0.25) is 0 Å². The molecule has 0 aliphatic carbocycles. The van der Waals surface area contributed by atoms with E-state index in [1.54, 1.807) is 0 Å². The number of fused-ring (bicyclic) bond motifs is 3. The number of hydrogen-bond acceptors (Lipinski definition) is 2. The summed E-state index contributed by atoms with van der Waals surface area (Å²) in [5.74, 6) is 0. The minimum atomic E-state index is -0.649. The summed E-state index contributed by atoms with van der Waals surface area (Å²) in [6, 6.07) is 0. The molecule has 0 radical (unpaired) electrons. The van der Waals surface area contributed by atoms with Crippen LogP contribution in [0.1, 0.15) is 13.3 Å². The molecule has 0 aromatic carbocycles. The molecular weight excluding hydrogens is 218 g/mol. The second-order valence-electron chi connectivity index (χ2n) is 5.59. The van der Waals surface area contributed by atoms with Gasteiger partial charge in [0.1, 0.15) is 39.3 Å². The molecular formula is C12H25N3O2+2. The summed E-state index contributed by atoms with van der Waals surface area (Å²) in [6.45, 7) is 13.1. The standard InChI is InChI=1S/C12H24N3O2/c1-2-14-5-8-15(9-6-14,10-7-14)4-3-11-17-12(13)16/h2-11H2,1H3,(H-,13,16)/q+1/p+1. The van der Waals surface area contributed by atoms with Gasteiger partial charge >= 0.3 is 6.09 Å². The highest BCUT2D eigenvalue weighted by Gasteiger charge is 2.47. The van der Waals surface area contributed by atoms with E-state index in [2.05, 4.69) is 6.92 Å². The van der Waals surface area contributed by atoms with Crippen LogP contribution in [0.15, 0.2) is 0 Å². The molecule has 2 N–H and O–H groups in total. The first-order chi connectivity index (χ1) is 8.10. The lowest BCUT2D eigenvalue weighted by Gasteiger charge is -2.55. The number of ether oxygens (including phenoxy) is 1. The van der Waals surface area contributed by atoms with Gasteiger partial charge in [-0.25, -0.2) is 4.79 Å². The Morgan fingerprint density at radius 1 is 1.12 bits per heavy atom. The third kappa shape index (κ3) is 2.72. The van der Waals surface area contributed by atoms with Gasteiger partial charge in [-0.3, -0.25) is 0 Å². The molecule has 98 valence electrons. The molecule has 17 heavy (non-hydrogen) atoms. The average molecular weight is 243 g/mol. The molecule has 0 aromatic rings. The van der Waals surface area contributed by atoms with Crippen LogP contribution >= 0.6 is 0 Å². The van der Waals surface area contributed by atoms with E-state index in [1.165, 1.54) is 54.8 Å². The fourth-order valence-electron chi connectivity index (χ4n) is 3.33. The molecule has 1 amide bonds. The SMILES string of the molecule is CC[N+]12CC[N+](CCCOC(N)=O)(CC1)CC2. The smallest absolute Gasteiger partial charge is 0.404 e. The molecule has 5 nitrogen and oxygen atoms in total. The maximum Gasteiger partial charge on any atom is 0.404 e. The molecule has 0 aromatic heterocycles. The molecule has 3 aliphatic rings. The second-order valence-corrected chi connectivity index (χ2v) is 5.59. The second kappa shape index (κ2) is 4.82. The first kappa shape index (κ1) is 12.6. The Hall–Kier alpha value is -0.810. The molecule has 5 heteroatoms. The quantitative estimate of drug-likeness (QED) is 0.552. The van der Waals surface area contributed by atoms with Gasteiger partial charge in [-0.2, -0.15) is 0 Å². The first-order valence-electron chi connectivity index (χ1n) is 6.72. The van der Waals surface area contributed by atoms with Gasteiger partial charge in [-0.05, 0) is 6.92 Å². The fourth-order valence-corrected chi connectivity index (χ4v) is 3.33. The van der Waals surface area contributed by atoms with Crippen molar-refractivity contribution in [3.05, 3.63) is 0 Å². The Bertz CT molecular complexity index is 269. The van der Waals surface area contributed by atoms with E-state index in [0.717, 1.165) is 13.0 Å². The number of rotatable bonds is 5. The van der Waals surface area contributed by atoms with Gasteiger partial charge in [-0.15, -0.1) is 0 Å². The molecule has 3 rings (SSSR count). The number of piperazine rings is 3. The first-order valence-corrected chi connectivity index (χ1v) is 6.72. The Balaban J connectivity index is 1.77. The molecule has 3 saturated heterocycles. The fraction of sp³-hybridized carbons (Fsp3) is 0.917. The van der Waals surface area contributed by atoms with Crippen molar-refractivity contribution in [2.75, 3.05) is 59.0 Å². The zero-order chi connectivity index (χ0) is 12.4. The van der Waals surface area contributed by atoms with Crippen molar-refractivity contribution in [1.82, 2.24) is 0 Å². The minimum Gasteiger partial charge on any atom is -0.449 e. The third-order valence-electron chi connectivity index (χ3n) is 4.84. The van der Waals surface area contributed by atoms with E-state index in [0.29, 0.717) is 6.61 Å². The predicted octanol–water partition coefficient (Wildman–Crippen LogP) is 0.153. The Kier molecular flexibility index (Phi) is 3.58. The van der Waals surface area contributed by atoms with Crippen LogP contribution in [0.5, 0.6) is 0 Å². The van der Waals surface area contributed by atoms with Crippen LogP contribution in [-0.4, -0.2) is 74.0 Å². The number of quaternary nitrogens is 2. The van der Waals surface area contributed by atoms with Gasteiger partial charge in [-0.1, -0.05) is 0 Å². The molecule has 0 atom stereocenters. The van der Waals surface area contributed by atoms with E-state index in [4.69, 9.17) is 10.5 Å². The normalized spacial score (nSPS) is 35.8. The molecule has 0 unspecified atom stereocenters. The van der Waals surface area contributed by atoms with Crippen LogP contribution in [0.2, 0.25) is 0 Å². The highest BCUT2D eigenvalue weighted by Crippen LogP contribution is 2.26. The summed E-state index contributed by atoms with van der Waals surface area (Å²) < 4.78 is 7.37. The maximum absolute atomic E-state index is 10.5. The van der Waals surface area contributed by atoms with Crippen molar-refractivity contribution in [3.63, 3.8) is 0 Å². The van der Waals surface area contributed by atoms with Gasteiger partial charge in [0.25, 0.3) is 0 Å². The monoisotopic (exact) mass is 243 g/mol. The number of nitrogens with zero attached hydrogens (tertiary/aromatic N) is 2. The third-order valence-corrected chi connectivity index (χ3v) is 4.84.